The number of benzene rings is 1. The molecule has 0 saturated heterocycles. The van der Waals surface area contributed by atoms with E-state index in [0.29, 0.717) is 17.7 Å². The minimum absolute atomic E-state index is 0.0414. The third-order valence-electron chi connectivity index (χ3n) is 4.36. The topological polar surface area (TPSA) is 35.2 Å². The van der Waals surface area contributed by atoms with Crippen LogP contribution in [0.2, 0.25) is 0 Å². The summed E-state index contributed by atoms with van der Waals surface area (Å²) in [6, 6.07) is 5.33. The maximum Gasteiger partial charge on any atom is 0.168 e. The summed E-state index contributed by atoms with van der Waals surface area (Å²) in [5.74, 6) is 0.775. The number of nitrogens with two attached hydrogens (primary N) is 1. The highest BCUT2D eigenvalue weighted by Crippen LogP contribution is 2.27. The van der Waals surface area contributed by atoms with Crippen molar-refractivity contribution in [2.24, 2.45) is 11.7 Å². The lowest BCUT2D eigenvalue weighted by atomic mass is 9.90. The van der Waals surface area contributed by atoms with Gasteiger partial charge in [-0.2, -0.15) is 0 Å². The van der Waals surface area contributed by atoms with Crippen molar-refractivity contribution >= 4 is 0 Å². The van der Waals surface area contributed by atoms with Gasteiger partial charge in [0.2, 0.25) is 0 Å². The van der Waals surface area contributed by atoms with Gasteiger partial charge in [-0.1, -0.05) is 50.7 Å². The summed E-state index contributed by atoms with van der Waals surface area (Å²) >= 11 is 0. The number of hydrogen-bond acceptors (Lipinski definition) is 2. The molecule has 112 valence electrons. The second-order valence-corrected chi connectivity index (χ2v) is 5.99. The molecular formula is C17H26FNO. The van der Waals surface area contributed by atoms with Gasteiger partial charge in [-0.15, -0.1) is 0 Å². The molecular weight excluding hydrogens is 253 g/mol. The third kappa shape index (κ3) is 4.20. The van der Waals surface area contributed by atoms with Crippen LogP contribution < -0.4 is 10.5 Å². The van der Waals surface area contributed by atoms with E-state index in [9.17, 15) is 4.39 Å². The van der Waals surface area contributed by atoms with E-state index in [2.05, 4.69) is 0 Å². The molecule has 1 unspecified atom stereocenters. The van der Waals surface area contributed by atoms with E-state index in [0.717, 1.165) is 12.3 Å². The van der Waals surface area contributed by atoms with Crippen LogP contribution in [-0.4, -0.2) is 13.2 Å². The summed E-state index contributed by atoms with van der Waals surface area (Å²) in [6.07, 6.45) is 9.54. The van der Waals surface area contributed by atoms with Crippen molar-refractivity contribution < 1.29 is 9.13 Å². The number of methoxy groups -OCH3 is 1. The lowest BCUT2D eigenvalue weighted by Crippen LogP contribution is -2.26. The van der Waals surface area contributed by atoms with E-state index < -0.39 is 0 Å². The highest BCUT2D eigenvalue weighted by atomic mass is 19.1. The van der Waals surface area contributed by atoms with Crippen LogP contribution in [0.3, 0.4) is 0 Å². The molecule has 1 saturated carbocycles. The van der Waals surface area contributed by atoms with Crippen molar-refractivity contribution in [1.82, 2.24) is 0 Å². The van der Waals surface area contributed by atoms with Crippen LogP contribution in [0.1, 0.15) is 50.5 Å². The molecule has 1 aliphatic rings. The second-order valence-electron chi connectivity index (χ2n) is 5.99. The molecule has 0 aromatic heterocycles. The molecule has 1 atom stereocenters. The number of hydrogen-bond donors (Lipinski definition) is 1. The van der Waals surface area contributed by atoms with Gasteiger partial charge in [0.1, 0.15) is 0 Å². The number of halogens is 1. The fourth-order valence-corrected chi connectivity index (χ4v) is 3.27. The molecule has 0 amide bonds. The smallest absolute Gasteiger partial charge is 0.168 e. The van der Waals surface area contributed by atoms with Gasteiger partial charge in [-0.25, -0.2) is 4.39 Å². The van der Waals surface area contributed by atoms with E-state index in [1.54, 1.807) is 6.07 Å². The zero-order valence-corrected chi connectivity index (χ0v) is 12.4. The van der Waals surface area contributed by atoms with E-state index in [-0.39, 0.29) is 11.9 Å². The first-order chi connectivity index (χ1) is 9.70. The SMILES string of the molecule is COc1cccc(CC(N)CC2CCCCCC2)c1F. The van der Waals surface area contributed by atoms with Crippen molar-refractivity contribution in [3.05, 3.63) is 29.6 Å². The van der Waals surface area contributed by atoms with Gasteiger partial charge >= 0.3 is 0 Å². The van der Waals surface area contributed by atoms with Gasteiger partial charge in [0.25, 0.3) is 0 Å². The van der Waals surface area contributed by atoms with Gasteiger partial charge in [-0.05, 0) is 30.4 Å². The van der Waals surface area contributed by atoms with Crippen molar-refractivity contribution in [2.45, 2.75) is 57.4 Å². The van der Waals surface area contributed by atoms with Gasteiger partial charge in [0, 0.05) is 6.04 Å². The fourth-order valence-electron chi connectivity index (χ4n) is 3.27. The molecule has 0 bridgehead atoms. The Hall–Kier alpha value is -1.09. The third-order valence-corrected chi connectivity index (χ3v) is 4.36. The molecule has 2 nitrogen and oxygen atoms in total. The van der Waals surface area contributed by atoms with Gasteiger partial charge < -0.3 is 10.5 Å². The zero-order valence-electron chi connectivity index (χ0n) is 12.4. The lowest BCUT2D eigenvalue weighted by Gasteiger charge is -2.20. The Kier molecular flexibility index (Phi) is 5.84. The van der Waals surface area contributed by atoms with Crippen LogP contribution in [0.4, 0.5) is 4.39 Å². The maximum atomic E-state index is 14.1. The van der Waals surface area contributed by atoms with E-state index >= 15 is 0 Å². The van der Waals surface area contributed by atoms with Crippen LogP contribution >= 0.6 is 0 Å². The predicted molar refractivity (Wildman–Crippen MR) is 80.4 cm³/mol. The van der Waals surface area contributed by atoms with Gasteiger partial charge in [0.15, 0.2) is 11.6 Å². The van der Waals surface area contributed by atoms with Crippen LogP contribution in [0.25, 0.3) is 0 Å². The summed E-state index contributed by atoms with van der Waals surface area (Å²) in [5, 5.41) is 0. The summed E-state index contributed by atoms with van der Waals surface area (Å²) < 4.78 is 19.1. The molecule has 1 aromatic carbocycles. The van der Waals surface area contributed by atoms with Gasteiger partial charge in [-0.3, -0.25) is 0 Å². The van der Waals surface area contributed by atoms with Crippen molar-refractivity contribution in [3.63, 3.8) is 0 Å². The Labute approximate surface area is 121 Å². The van der Waals surface area contributed by atoms with Crippen LogP contribution in [0.5, 0.6) is 5.75 Å². The molecule has 1 aromatic rings. The second kappa shape index (κ2) is 7.63. The average molecular weight is 279 g/mol. The molecule has 0 heterocycles. The molecule has 1 fully saturated rings. The standard InChI is InChI=1S/C17H26FNO/c1-20-16-10-6-9-14(17(16)18)12-15(19)11-13-7-4-2-3-5-8-13/h6,9-10,13,15H,2-5,7-8,11-12,19H2,1H3. The van der Waals surface area contributed by atoms with E-state index in [4.69, 9.17) is 10.5 Å². The first-order valence-corrected chi connectivity index (χ1v) is 7.77. The van der Waals surface area contributed by atoms with Gasteiger partial charge in [0.05, 0.1) is 7.11 Å². The zero-order chi connectivity index (χ0) is 14.4. The van der Waals surface area contributed by atoms with Crippen molar-refractivity contribution in [2.75, 3.05) is 7.11 Å². The Balaban J connectivity index is 1.92. The minimum Gasteiger partial charge on any atom is -0.494 e. The Morgan fingerprint density at radius 3 is 2.60 bits per heavy atom. The van der Waals surface area contributed by atoms with Crippen molar-refractivity contribution in [1.29, 1.82) is 0 Å². The normalized spacial score (nSPS) is 18.6. The van der Waals surface area contributed by atoms with E-state index in [1.165, 1.54) is 45.6 Å². The summed E-state index contributed by atoms with van der Waals surface area (Å²) in [4.78, 5) is 0. The maximum absolute atomic E-state index is 14.1. The monoisotopic (exact) mass is 279 g/mol. The average Bonchev–Trinajstić information content (AvgIpc) is 2.70. The van der Waals surface area contributed by atoms with Crippen LogP contribution in [-0.2, 0) is 6.42 Å². The van der Waals surface area contributed by atoms with Crippen LogP contribution in [0.15, 0.2) is 18.2 Å². The first kappa shape index (κ1) is 15.3. The summed E-state index contributed by atoms with van der Waals surface area (Å²) in [7, 11) is 1.49. The lowest BCUT2D eigenvalue weighted by molar-refractivity contribution is 0.373. The fraction of sp³-hybridized carbons (Fsp3) is 0.647. The predicted octanol–water partition coefficient (Wildman–Crippen LogP) is 4.06. The molecule has 20 heavy (non-hydrogen) atoms. The summed E-state index contributed by atoms with van der Waals surface area (Å²) in [5.41, 5.74) is 6.91. The summed E-state index contributed by atoms with van der Waals surface area (Å²) in [6.45, 7) is 0. The van der Waals surface area contributed by atoms with E-state index in [1.807, 2.05) is 12.1 Å². The first-order valence-electron chi connectivity index (χ1n) is 7.77. The highest BCUT2D eigenvalue weighted by Gasteiger charge is 2.18. The minimum atomic E-state index is -0.258. The molecule has 3 heteroatoms. The molecule has 2 rings (SSSR count). The quantitative estimate of drug-likeness (QED) is 0.825. The molecule has 2 N–H and O–H groups in total. The van der Waals surface area contributed by atoms with Crippen molar-refractivity contribution in [3.8, 4) is 5.75 Å². The number of rotatable bonds is 5. The molecule has 1 aliphatic carbocycles. The Morgan fingerprint density at radius 1 is 1.25 bits per heavy atom. The number of ether oxygens (including phenoxy) is 1. The molecule has 0 radical (unpaired) electrons. The molecule has 0 spiro atoms. The largest absolute Gasteiger partial charge is 0.494 e. The highest BCUT2D eigenvalue weighted by molar-refractivity contribution is 5.31. The van der Waals surface area contributed by atoms with Crippen LogP contribution in [0, 0.1) is 11.7 Å². The molecule has 0 aliphatic heterocycles. The Bertz CT molecular complexity index is 413. The Morgan fingerprint density at radius 2 is 1.95 bits per heavy atom.